The number of Topliss-reactive ketones (excluding diaryl/α,β-unsaturated/α-hetero) is 1. The van der Waals surface area contributed by atoms with E-state index in [0.717, 1.165) is 19.3 Å². The fourth-order valence-electron chi connectivity index (χ4n) is 11.8. The first-order chi connectivity index (χ1) is 31.5. The van der Waals surface area contributed by atoms with E-state index in [2.05, 4.69) is 23.7 Å². The summed E-state index contributed by atoms with van der Waals surface area (Å²) < 4.78 is 77.1. The quantitative estimate of drug-likeness (QED) is 0.113. The first-order valence-corrected chi connectivity index (χ1v) is 24.7. The highest BCUT2D eigenvalue weighted by molar-refractivity contribution is 6.01. The highest BCUT2D eigenvalue weighted by Gasteiger charge is 2.63. The normalized spacial score (nSPS) is 38.6. The maximum atomic E-state index is 14.7. The number of alkyl halides is 3. The van der Waals surface area contributed by atoms with Crippen LogP contribution in [0.4, 0.5) is 13.2 Å². The van der Waals surface area contributed by atoms with Crippen molar-refractivity contribution in [3.05, 3.63) is 42.0 Å². The fourth-order valence-corrected chi connectivity index (χ4v) is 11.8. The number of carbonyl (C=O) groups excluding carboxylic acids is 1. The molecule has 1 aromatic carbocycles. The Balaban J connectivity index is 1.25. The maximum absolute atomic E-state index is 14.7. The van der Waals surface area contributed by atoms with Crippen LogP contribution in [0.15, 0.2) is 41.6 Å². The average molecular weight is 953 g/mol. The van der Waals surface area contributed by atoms with Crippen molar-refractivity contribution >= 4 is 17.5 Å². The van der Waals surface area contributed by atoms with Gasteiger partial charge in [-0.25, -0.2) is 0 Å². The number of ether oxygens (including phenoxy) is 6. The van der Waals surface area contributed by atoms with Gasteiger partial charge < -0.3 is 48.6 Å². The zero-order chi connectivity index (χ0) is 49.3. The highest BCUT2D eigenvalue weighted by Crippen LogP contribution is 2.54. The van der Waals surface area contributed by atoms with Gasteiger partial charge >= 0.3 is 12.3 Å². The van der Waals surface area contributed by atoms with Crippen molar-refractivity contribution in [3.8, 4) is 5.75 Å². The van der Waals surface area contributed by atoms with E-state index in [-0.39, 0.29) is 60.1 Å². The molecule has 0 amide bonds. The minimum Gasteiger partial charge on any atom is -0.481 e. The molecule has 13 nitrogen and oxygen atoms in total. The average Bonchev–Trinajstić information content (AvgIpc) is 3.62. The van der Waals surface area contributed by atoms with Gasteiger partial charge in [-0.05, 0) is 113 Å². The standard InChI is InChI=1S/C51H76F3NO12/c1-11-37(46(59)60)39-19-14-29(4)44(63-39)33(8)42(57)32(7)43(58)38(12-2)45-30(5)26-31(6)49(65-45)23-20-40(55-61-27-35-15-17-36(18-16-35)64-51(52,53)54)50(67-49)25-24-47(10,66-50)41-21-22-48(13-3,28-56)34(9)62-41/h15-18,20,23,29-34,37-39,41-42,44-45,56-57H,11-14,19,21-22,24-28H2,1-10H3,(H,59,60)/p+1/b55-40+/t29-,30-,31+,32-,33-,34-,37?,38-,39+,41+,42+,44+,45-,47-,48-,49-,50-/m0/s1. The molecule has 4 N–H and O–H groups in total. The Bertz CT molecular complexity index is 1910. The highest BCUT2D eigenvalue weighted by atomic mass is 19.4. The molecule has 5 aliphatic rings. The lowest BCUT2D eigenvalue weighted by molar-refractivity contribution is -0.371. The van der Waals surface area contributed by atoms with Crippen LogP contribution in [0.5, 0.6) is 5.75 Å². The number of rotatable bonds is 17. The molecule has 378 valence electrons. The van der Waals surface area contributed by atoms with Gasteiger partial charge in [-0.3, -0.25) is 9.59 Å². The monoisotopic (exact) mass is 953 g/mol. The molecule has 67 heavy (non-hydrogen) atoms. The Kier molecular flexibility index (Phi) is 16.7. The Morgan fingerprint density at radius 2 is 1.61 bits per heavy atom. The summed E-state index contributed by atoms with van der Waals surface area (Å²) in [6.07, 6.45) is 1.86. The summed E-state index contributed by atoms with van der Waals surface area (Å²) in [5.41, 5.74) is -0.196. The van der Waals surface area contributed by atoms with Gasteiger partial charge in [0.25, 0.3) is 0 Å². The summed E-state index contributed by atoms with van der Waals surface area (Å²) in [6.45, 7) is 19.9. The number of aliphatic hydroxyl groups excluding tert-OH is 1. The lowest BCUT2D eigenvalue weighted by Gasteiger charge is -2.53. The molecular weight excluding hydrogens is 876 g/mol. The number of ketones is 1. The van der Waals surface area contributed by atoms with Gasteiger partial charge in [0.2, 0.25) is 5.79 Å². The third-order valence-corrected chi connectivity index (χ3v) is 16.5. The molecule has 1 aromatic rings. The number of hydrogen-bond acceptors (Lipinski definition) is 11. The van der Waals surface area contributed by atoms with E-state index in [0.29, 0.717) is 56.2 Å². The molecule has 0 aliphatic carbocycles. The molecule has 16 heteroatoms. The Morgan fingerprint density at radius 3 is 2.21 bits per heavy atom. The number of benzene rings is 1. The molecule has 0 aromatic heterocycles. The number of hydrogen-bond donors (Lipinski definition) is 2. The van der Waals surface area contributed by atoms with Crippen molar-refractivity contribution in [3.63, 3.8) is 0 Å². The van der Waals surface area contributed by atoms with Crippen molar-refractivity contribution in [2.45, 2.75) is 200 Å². The molecule has 5 aliphatic heterocycles. The van der Waals surface area contributed by atoms with Crippen LogP contribution in [0.2, 0.25) is 0 Å². The third-order valence-electron chi connectivity index (χ3n) is 16.5. The molecule has 0 bridgehead atoms. The largest absolute Gasteiger partial charge is 0.573 e. The minimum absolute atomic E-state index is 0.0649. The van der Waals surface area contributed by atoms with Crippen LogP contribution in [0.3, 0.4) is 0 Å². The number of nitrogens with zero attached hydrogens (tertiary/aromatic N) is 1. The molecule has 4 saturated heterocycles. The number of oxime groups is 1. The van der Waals surface area contributed by atoms with Crippen LogP contribution >= 0.6 is 0 Å². The van der Waals surface area contributed by atoms with Crippen LogP contribution in [-0.2, 0) is 44.7 Å². The summed E-state index contributed by atoms with van der Waals surface area (Å²) in [5, 5.41) is 34.7. The summed E-state index contributed by atoms with van der Waals surface area (Å²) in [4.78, 5) is 32.6. The van der Waals surface area contributed by atoms with E-state index < -0.39 is 77.6 Å². The third kappa shape index (κ3) is 11.1. The number of aliphatic hydroxyl groups is 1. The number of carboxylic acids is 1. The fraction of sp³-hybridized carbons (Fsp3) is 0.784. The van der Waals surface area contributed by atoms with Crippen molar-refractivity contribution in [1.29, 1.82) is 0 Å². The summed E-state index contributed by atoms with van der Waals surface area (Å²) >= 11 is 0. The van der Waals surface area contributed by atoms with Gasteiger partial charge in [0, 0.05) is 30.1 Å². The zero-order valence-corrected chi connectivity index (χ0v) is 41.1. The summed E-state index contributed by atoms with van der Waals surface area (Å²) in [6, 6.07) is 5.35. The van der Waals surface area contributed by atoms with E-state index in [1.54, 1.807) is 13.0 Å². The van der Waals surface area contributed by atoms with Crippen LogP contribution in [0, 0.1) is 46.8 Å². The number of carbonyl (C=O) groups is 2. The minimum atomic E-state index is -4.82. The Labute approximate surface area is 394 Å². The number of aliphatic carboxylic acids is 1. The molecule has 1 unspecified atom stereocenters. The van der Waals surface area contributed by atoms with Gasteiger partial charge in [-0.15, -0.1) is 13.2 Å². The van der Waals surface area contributed by atoms with Crippen molar-refractivity contribution in [1.82, 2.24) is 0 Å². The van der Waals surface area contributed by atoms with E-state index in [1.807, 2.05) is 54.5 Å². The van der Waals surface area contributed by atoms with Gasteiger partial charge in [0.1, 0.15) is 23.9 Å². The second-order valence-corrected chi connectivity index (χ2v) is 20.8. The molecule has 0 radical (unpaired) electrons. The molecule has 0 saturated carbocycles. The molecule has 6 rings (SSSR count). The first-order valence-electron chi connectivity index (χ1n) is 24.7. The Morgan fingerprint density at radius 1 is 0.925 bits per heavy atom. The molecule has 2 spiro atoms. The van der Waals surface area contributed by atoms with E-state index in [4.69, 9.17) is 33.6 Å². The lowest BCUT2D eigenvalue weighted by Crippen LogP contribution is -2.62. The van der Waals surface area contributed by atoms with Gasteiger partial charge in [-0.2, -0.15) is 0 Å². The van der Waals surface area contributed by atoms with Crippen LogP contribution in [0.1, 0.15) is 139 Å². The Hall–Kier alpha value is -3.12. The SMILES string of the molecule is CCC(C(=O)O)[C@H]1CC[C@H](C)[C@H]([C@@H](C)[C@H](O)[C@H](C)C(=O)[C@H](CC)[C@H]2O[C@]3(C=C/C(=N\OCc4ccc(OC(F)(F)F)cc4)[C@]4(CC[C@@](C)([C@H]5CC[C@@](CC)(C[OH2+])[C@H](C)O5)O4)O3)[C@H](C)C[C@@H]2C)O1. The summed E-state index contributed by atoms with van der Waals surface area (Å²) in [7, 11) is 0. The second kappa shape index (κ2) is 21.1. The molecular formula is C51H77F3NO12+. The first kappa shape index (κ1) is 53.2. The smallest absolute Gasteiger partial charge is 0.481 e. The van der Waals surface area contributed by atoms with Crippen LogP contribution in [-0.4, -0.2) is 99.6 Å². The van der Waals surface area contributed by atoms with E-state index in [1.165, 1.54) is 24.3 Å². The van der Waals surface area contributed by atoms with E-state index in [9.17, 15) is 33.0 Å². The molecule has 5 heterocycles. The number of halogens is 3. The van der Waals surface area contributed by atoms with Crippen LogP contribution in [0.25, 0.3) is 0 Å². The maximum Gasteiger partial charge on any atom is 0.573 e. The van der Waals surface area contributed by atoms with Crippen LogP contribution < -0.4 is 4.74 Å². The van der Waals surface area contributed by atoms with Gasteiger partial charge in [-0.1, -0.05) is 72.7 Å². The number of carboxylic acid groups (broad SMARTS) is 1. The van der Waals surface area contributed by atoms with Crippen molar-refractivity contribution in [2.75, 3.05) is 6.61 Å². The van der Waals surface area contributed by atoms with Crippen molar-refractivity contribution < 1.29 is 71.3 Å². The lowest BCUT2D eigenvalue weighted by atomic mass is 9.72. The second-order valence-electron chi connectivity index (χ2n) is 20.8. The predicted octanol–water partition coefficient (Wildman–Crippen LogP) is 9.28. The topological polar surface area (TPSA) is 174 Å². The van der Waals surface area contributed by atoms with Crippen molar-refractivity contribution in [2.24, 2.45) is 52.0 Å². The summed E-state index contributed by atoms with van der Waals surface area (Å²) in [5.74, 6) is -6.90. The molecule has 17 atom stereocenters. The van der Waals surface area contributed by atoms with Gasteiger partial charge in [0.15, 0.2) is 12.4 Å². The molecule has 4 fully saturated rings. The van der Waals surface area contributed by atoms with E-state index >= 15 is 0 Å². The van der Waals surface area contributed by atoms with Gasteiger partial charge in [0.05, 0.1) is 53.6 Å². The zero-order valence-electron chi connectivity index (χ0n) is 41.1. The predicted molar refractivity (Wildman–Crippen MR) is 244 cm³/mol.